The van der Waals surface area contributed by atoms with E-state index in [1.165, 1.54) is 31.8 Å². The van der Waals surface area contributed by atoms with Crippen LogP contribution in [0.5, 0.6) is 5.75 Å². The van der Waals surface area contributed by atoms with E-state index in [0.29, 0.717) is 23.8 Å². The molecule has 0 bridgehead atoms. The van der Waals surface area contributed by atoms with Crippen molar-refractivity contribution in [3.8, 4) is 11.8 Å². The molecular formula is C23H30F2N2O2. The first kappa shape index (κ1) is 21.7. The third-order valence-corrected chi connectivity index (χ3v) is 7.01. The summed E-state index contributed by atoms with van der Waals surface area (Å²) in [4.78, 5) is 12.4. The summed E-state index contributed by atoms with van der Waals surface area (Å²) in [6.07, 6.45) is 9.38. The van der Waals surface area contributed by atoms with Crippen LogP contribution in [0, 0.1) is 46.6 Å². The molecule has 2 aliphatic carbocycles. The van der Waals surface area contributed by atoms with Crippen molar-refractivity contribution in [2.24, 2.45) is 29.4 Å². The smallest absolute Gasteiger partial charge is 0.314 e. The van der Waals surface area contributed by atoms with Gasteiger partial charge in [0.2, 0.25) is 0 Å². The number of carbonyl (C=O) groups is 1. The first-order valence-electron chi connectivity index (χ1n) is 10.8. The van der Waals surface area contributed by atoms with Gasteiger partial charge in [0.15, 0.2) is 0 Å². The van der Waals surface area contributed by atoms with E-state index in [1.807, 2.05) is 0 Å². The fourth-order valence-electron chi connectivity index (χ4n) is 5.12. The number of ether oxygens (including phenoxy) is 1. The largest absolute Gasteiger partial charge is 0.426 e. The molecule has 4 nitrogen and oxygen atoms in total. The van der Waals surface area contributed by atoms with Crippen LogP contribution in [0.3, 0.4) is 0 Å². The molecule has 0 spiro atoms. The van der Waals surface area contributed by atoms with Gasteiger partial charge in [0, 0.05) is 18.2 Å². The molecule has 2 aliphatic rings. The van der Waals surface area contributed by atoms with Crippen LogP contribution in [0.1, 0.15) is 70.3 Å². The van der Waals surface area contributed by atoms with E-state index in [9.17, 15) is 13.6 Å². The lowest BCUT2D eigenvalue weighted by Gasteiger charge is -2.38. The zero-order valence-corrected chi connectivity index (χ0v) is 17.0. The maximum Gasteiger partial charge on any atom is 0.314 e. The Hall–Kier alpha value is -2.00. The number of hydrogen-bond acceptors (Lipinski definition) is 4. The van der Waals surface area contributed by atoms with Gasteiger partial charge in [0.1, 0.15) is 29.0 Å². The molecule has 1 aromatic rings. The molecule has 0 heterocycles. The normalized spacial score (nSPS) is 28.4. The lowest BCUT2D eigenvalue weighted by molar-refractivity contribution is -0.140. The Bertz CT molecular complexity index is 738. The molecule has 29 heavy (non-hydrogen) atoms. The van der Waals surface area contributed by atoms with Crippen molar-refractivity contribution >= 4 is 5.97 Å². The van der Waals surface area contributed by atoms with Gasteiger partial charge in [-0.15, -0.1) is 0 Å². The standard InChI is InChI=1S/C23H30F2N2O2/c1-2-22(27)16-7-3-14(4-8-16)15-5-9-17(10-6-15)23(28)29-18-11-20(24)19(13-26)21(25)12-18/h11-12,14-17,22H,2-10,27H2,1H3. The molecule has 3 rings (SSSR count). The Kier molecular flexibility index (Phi) is 7.23. The molecule has 0 radical (unpaired) electrons. The number of rotatable bonds is 5. The number of nitrogens with zero attached hydrogens (tertiary/aromatic N) is 1. The van der Waals surface area contributed by atoms with Crippen molar-refractivity contribution in [1.82, 2.24) is 0 Å². The zero-order valence-electron chi connectivity index (χ0n) is 17.0. The Labute approximate surface area is 171 Å². The van der Waals surface area contributed by atoms with Crippen molar-refractivity contribution in [3.63, 3.8) is 0 Å². The topological polar surface area (TPSA) is 76.1 Å². The Morgan fingerprint density at radius 1 is 1.10 bits per heavy atom. The van der Waals surface area contributed by atoms with E-state index < -0.39 is 23.2 Å². The summed E-state index contributed by atoms with van der Waals surface area (Å²) < 4.78 is 32.6. The monoisotopic (exact) mass is 404 g/mol. The van der Waals surface area contributed by atoms with Crippen molar-refractivity contribution in [1.29, 1.82) is 5.26 Å². The number of hydrogen-bond donors (Lipinski definition) is 1. The first-order chi connectivity index (χ1) is 13.9. The van der Waals surface area contributed by atoms with Gasteiger partial charge in [-0.05, 0) is 75.5 Å². The predicted molar refractivity (Wildman–Crippen MR) is 106 cm³/mol. The minimum Gasteiger partial charge on any atom is -0.426 e. The van der Waals surface area contributed by atoms with E-state index in [4.69, 9.17) is 15.7 Å². The van der Waals surface area contributed by atoms with Gasteiger partial charge in [0.25, 0.3) is 0 Å². The average Bonchev–Trinajstić information content (AvgIpc) is 2.73. The molecular weight excluding hydrogens is 374 g/mol. The molecule has 158 valence electrons. The molecule has 2 saturated carbocycles. The van der Waals surface area contributed by atoms with Crippen molar-refractivity contribution < 1.29 is 18.3 Å². The van der Waals surface area contributed by atoms with Crippen LogP contribution in [-0.2, 0) is 4.79 Å². The van der Waals surface area contributed by atoms with Crippen molar-refractivity contribution in [2.75, 3.05) is 0 Å². The number of carbonyl (C=O) groups excluding carboxylic acids is 1. The van der Waals surface area contributed by atoms with Crippen LogP contribution in [0.4, 0.5) is 8.78 Å². The Morgan fingerprint density at radius 3 is 2.10 bits per heavy atom. The molecule has 1 unspecified atom stereocenters. The summed E-state index contributed by atoms with van der Waals surface area (Å²) in [6.45, 7) is 2.15. The molecule has 1 aromatic carbocycles. The van der Waals surface area contributed by atoms with E-state index in [0.717, 1.165) is 44.2 Å². The summed E-state index contributed by atoms with van der Waals surface area (Å²) in [7, 11) is 0. The Balaban J connectivity index is 1.48. The van der Waals surface area contributed by atoms with Gasteiger partial charge in [-0.3, -0.25) is 4.79 Å². The van der Waals surface area contributed by atoms with Gasteiger partial charge in [-0.1, -0.05) is 6.92 Å². The number of nitriles is 1. The summed E-state index contributed by atoms with van der Waals surface area (Å²) in [5.41, 5.74) is 5.54. The van der Waals surface area contributed by atoms with E-state index in [-0.39, 0.29) is 11.7 Å². The SMILES string of the molecule is CCC(N)C1CCC(C2CCC(C(=O)Oc3cc(F)c(C#N)c(F)c3)CC2)CC1. The second-order valence-electron chi connectivity index (χ2n) is 8.65. The number of benzene rings is 1. The number of esters is 1. The average molecular weight is 405 g/mol. The fourth-order valence-corrected chi connectivity index (χ4v) is 5.12. The molecule has 0 amide bonds. The van der Waals surface area contributed by atoms with Gasteiger partial charge < -0.3 is 10.5 Å². The Morgan fingerprint density at radius 2 is 1.62 bits per heavy atom. The summed E-state index contributed by atoms with van der Waals surface area (Å²) >= 11 is 0. The molecule has 1 atom stereocenters. The highest BCUT2D eigenvalue weighted by molar-refractivity contribution is 5.75. The maximum atomic E-state index is 13.7. The zero-order chi connectivity index (χ0) is 21.0. The quantitative estimate of drug-likeness (QED) is 0.548. The van der Waals surface area contributed by atoms with Crippen LogP contribution in [0.25, 0.3) is 0 Å². The third-order valence-electron chi connectivity index (χ3n) is 7.01. The summed E-state index contributed by atoms with van der Waals surface area (Å²) in [5, 5.41) is 8.72. The molecule has 0 aliphatic heterocycles. The maximum absolute atomic E-state index is 13.7. The van der Waals surface area contributed by atoms with Gasteiger partial charge in [0.05, 0.1) is 5.92 Å². The van der Waals surface area contributed by atoms with Crippen LogP contribution >= 0.6 is 0 Å². The third kappa shape index (κ3) is 5.14. The highest BCUT2D eigenvalue weighted by atomic mass is 19.1. The predicted octanol–water partition coefficient (Wildman–Crippen LogP) is 5.09. The number of nitrogens with two attached hydrogens (primary N) is 1. The summed E-state index contributed by atoms with van der Waals surface area (Å²) in [6, 6.07) is 3.56. The van der Waals surface area contributed by atoms with Gasteiger partial charge in [-0.2, -0.15) is 5.26 Å². The van der Waals surface area contributed by atoms with E-state index >= 15 is 0 Å². The minimum atomic E-state index is -1.02. The van der Waals surface area contributed by atoms with E-state index in [1.54, 1.807) is 0 Å². The van der Waals surface area contributed by atoms with Crippen molar-refractivity contribution in [2.45, 2.75) is 70.8 Å². The van der Waals surface area contributed by atoms with Crippen LogP contribution in [-0.4, -0.2) is 12.0 Å². The minimum absolute atomic E-state index is 0.184. The highest BCUT2D eigenvalue weighted by Crippen LogP contribution is 2.42. The van der Waals surface area contributed by atoms with Gasteiger partial charge in [-0.25, -0.2) is 8.78 Å². The first-order valence-corrected chi connectivity index (χ1v) is 10.8. The van der Waals surface area contributed by atoms with E-state index in [2.05, 4.69) is 6.92 Å². The molecule has 2 fully saturated rings. The summed E-state index contributed by atoms with van der Waals surface area (Å²) in [5.74, 6) is -0.888. The fraction of sp³-hybridized carbons (Fsp3) is 0.652. The number of halogens is 2. The van der Waals surface area contributed by atoms with Crippen LogP contribution < -0.4 is 10.5 Å². The highest BCUT2D eigenvalue weighted by Gasteiger charge is 2.34. The lowest BCUT2D eigenvalue weighted by atomic mass is 9.68. The second kappa shape index (κ2) is 9.67. The molecule has 0 saturated heterocycles. The lowest BCUT2D eigenvalue weighted by Crippen LogP contribution is -2.35. The molecule has 6 heteroatoms. The van der Waals surface area contributed by atoms with Crippen molar-refractivity contribution in [3.05, 3.63) is 29.3 Å². The van der Waals surface area contributed by atoms with Crippen LogP contribution in [0.2, 0.25) is 0 Å². The van der Waals surface area contributed by atoms with Gasteiger partial charge >= 0.3 is 5.97 Å². The molecule has 2 N–H and O–H groups in total. The second-order valence-corrected chi connectivity index (χ2v) is 8.65. The van der Waals surface area contributed by atoms with Crippen LogP contribution in [0.15, 0.2) is 12.1 Å². The molecule has 0 aromatic heterocycles.